The van der Waals surface area contributed by atoms with Crippen LogP contribution in [0.15, 0.2) is 41.4 Å². The van der Waals surface area contributed by atoms with Crippen LogP contribution in [0.3, 0.4) is 0 Å². The molecule has 1 heterocycles. The fourth-order valence-corrected chi connectivity index (χ4v) is 4.16. The Morgan fingerprint density at radius 2 is 2.08 bits per heavy atom. The molecule has 0 radical (unpaired) electrons. The van der Waals surface area contributed by atoms with Crippen LogP contribution in [0.4, 0.5) is 0 Å². The predicted octanol–water partition coefficient (Wildman–Crippen LogP) is 3.41. The number of hydrogen-bond acceptors (Lipinski definition) is 5. The Bertz CT molecular complexity index is 935. The van der Waals surface area contributed by atoms with Gasteiger partial charge in [0, 0.05) is 18.3 Å². The molecule has 1 fully saturated rings. The number of hydrogen-bond donors (Lipinski definition) is 1. The largest absolute Gasteiger partial charge is 0.474 e. The van der Waals surface area contributed by atoms with Crippen molar-refractivity contribution >= 4 is 21.6 Å². The van der Waals surface area contributed by atoms with Crippen LogP contribution in [0.5, 0.6) is 5.88 Å². The van der Waals surface area contributed by atoms with Gasteiger partial charge in [0.1, 0.15) is 12.2 Å². The van der Waals surface area contributed by atoms with Gasteiger partial charge in [0.25, 0.3) is 0 Å². The number of aromatic nitrogens is 1. The maximum Gasteiger partial charge on any atom is 0.240 e. The lowest BCUT2D eigenvalue weighted by Crippen LogP contribution is -2.24. The van der Waals surface area contributed by atoms with E-state index in [2.05, 4.69) is 9.71 Å². The smallest absolute Gasteiger partial charge is 0.240 e. The van der Waals surface area contributed by atoms with Crippen LogP contribution in [0.25, 0.3) is 0 Å². The van der Waals surface area contributed by atoms with Gasteiger partial charge in [0.15, 0.2) is 0 Å². The second-order valence-electron chi connectivity index (χ2n) is 6.07. The molecule has 0 bridgehead atoms. The molecule has 1 saturated carbocycles. The Kier molecular flexibility index (Phi) is 5.77. The number of nitriles is 1. The third-order valence-electron chi connectivity index (χ3n) is 4.25. The summed E-state index contributed by atoms with van der Waals surface area (Å²) in [7, 11) is -3.78. The maximum atomic E-state index is 12.5. The second kappa shape index (κ2) is 8.04. The Morgan fingerprint density at radius 1 is 1.31 bits per heavy atom. The molecule has 0 amide bonds. The van der Waals surface area contributed by atoms with Gasteiger partial charge in [-0.05, 0) is 49.9 Å². The van der Waals surface area contributed by atoms with Gasteiger partial charge in [-0.2, -0.15) is 5.26 Å². The molecule has 0 saturated heterocycles. The van der Waals surface area contributed by atoms with Crippen LogP contribution < -0.4 is 9.46 Å². The molecule has 1 aliphatic carbocycles. The highest BCUT2D eigenvalue weighted by Crippen LogP contribution is 2.25. The van der Waals surface area contributed by atoms with Crippen LogP contribution in [-0.2, 0) is 16.6 Å². The lowest BCUT2D eigenvalue weighted by molar-refractivity contribution is 0.199. The summed E-state index contributed by atoms with van der Waals surface area (Å²) in [6.07, 6.45) is 6.02. The lowest BCUT2D eigenvalue weighted by Gasteiger charge is -2.15. The van der Waals surface area contributed by atoms with Crippen LogP contribution >= 0.6 is 11.6 Å². The average molecular weight is 392 g/mol. The highest BCUT2D eigenvalue weighted by atomic mass is 35.5. The van der Waals surface area contributed by atoms with Gasteiger partial charge < -0.3 is 4.74 Å². The molecule has 0 aliphatic heterocycles. The zero-order chi connectivity index (χ0) is 18.6. The fraction of sp³-hybridized carbons (Fsp3) is 0.333. The molecule has 2 aromatic rings. The molecule has 1 aliphatic rings. The molecule has 26 heavy (non-hydrogen) atoms. The summed E-state index contributed by atoms with van der Waals surface area (Å²) in [5.74, 6) is 0.458. The van der Waals surface area contributed by atoms with Crippen molar-refractivity contribution in [3.63, 3.8) is 0 Å². The minimum atomic E-state index is -3.78. The molecule has 1 aromatic carbocycles. The molecular weight excluding hydrogens is 374 g/mol. The Morgan fingerprint density at radius 3 is 2.77 bits per heavy atom. The molecule has 0 atom stereocenters. The zero-order valence-corrected chi connectivity index (χ0v) is 15.6. The van der Waals surface area contributed by atoms with E-state index in [4.69, 9.17) is 21.6 Å². The number of nitrogens with one attached hydrogen (secondary N) is 1. The van der Waals surface area contributed by atoms with E-state index >= 15 is 0 Å². The minimum Gasteiger partial charge on any atom is -0.474 e. The van der Waals surface area contributed by atoms with Crippen molar-refractivity contribution in [2.24, 2.45) is 0 Å². The molecule has 1 N–H and O–H groups in total. The molecule has 1 aromatic heterocycles. The summed E-state index contributed by atoms with van der Waals surface area (Å²) in [5, 5.41) is 8.99. The van der Waals surface area contributed by atoms with Crippen LogP contribution in [0.2, 0.25) is 5.02 Å². The van der Waals surface area contributed by atoms with Crippen LogP contribution in [0.1, 0.15) is 36.8 Å². The summed E-state index contributed by atoms with van der Waals surface area (Å²) in [4.78, 5) is 4.24. The highest BCUT2D eigenvalue weighted by molar-refractivity contribution is 7.89. The molecule has 0 spiro atoms. The molecule has 8 heteroatoms. The van der Waals surface area contributed by atoms with E-state index in [1.54, 1.807) is 18.3 Å². The summed E-state index contributed by atoms with van der Waals surface area (Å²) < 4.78 is 33.5. The monoisotopic (exact) mass is 391 g/mol. The standard InChI is InChI=1S/C18H18ClN3O3S/c19-17-10-16(8-7-13(17)11-20)26(23,24)22-12-14-4-3-9-21-18(14)25-15-5-1-2-6-15/h3-4,7-10,15,22H,1-2,5-6,12H2. The lowest BCUT2D eigenvalue weighted by atomic mass is 10.2. The summed E-state index contributed by atoms with van der Waals surface area (Å²) in [5.41, 5.74) is 0.896. The van der Waals surface area contributed by atoms with E-state index in [1.165, 1.54) is 18.2 Å². The van der Waals surface area contributed by atoms with Crippen LogP contribution in [-0.4, -0.2) is 19.5 Å². The van der Waals surface area contributed by atoms with E-state index in [-0.39, 0.29) is 28.1 Å². The van der Waals surface area contributed by atoms with Gasteiger partial charge in [0.2, 0.25) is 15.9 Å². The van der Waals surface area contributed by atoms with Crippen molar-refractivity contribution in [3.8, 4) is 11.9 Å². The SMILES string of the molecule is N#Cc1ccc(S(=O)(=O)NCc2cccnc2OC2CCCC2)cc1Cl. The quantitative estimate of drug-likeness (QED) is 0.814. The molecule has 0 unspecified atom stereocenters. The van der Waals surface area contributed by atoms with Gasteiger partial charge in [-0.15, -0.1) is 0 Å². The second-order valence-corrected chi connectivity index (χ2v) is 8.24. The Labute approximate surface area is 157 Å². The normalized spacial score (nSPS) is 14.9. The number of rotatable bonds is 6. The first-order valence-corrected chi connectivity index (χ1v) is 10.2. The number of halogens is 1. The number of ether oxygens (including phenoxy) is 1. The van der Waals surface area contributed by atoms with E-state index in [1.807, 2.05) is 6.07 Å². The fourth-order valence-electron chi connectivity index (χ4n) is 2.84. The summed E-state index contributed by atoms with van der Waals surface area (Å²) in [6, 6.07) is 9.43. The van der Waals surface area contributed by atoms with E-state index in [9.17, 15) is 8.42 Å². The summed E-state index contributed by atoms with van der Waals surface area (Å²) >= 11 is 5.93. The van der Waals surface area contributed by atoms with Crippen molar-refractivity contribution in [2.45, 2.75) is 43.2 Å². The number of benzene rings is 1. The van der Waals surface area contributed by atoms with E-state index in [0.29, 0.717) is 11.4 Å². The topological polar surface area (TPSA) is 92.1 Å². The highest BCUT2D eigenvalue weighted by Gasteiger charge is 2.20. The minimum absolute atomic E-state index is 0.00338. The van der Waals surface area contributed by atoms with Crippen molar-refractivity contribution < 1.29 is 13.2 Å². The molecule has 6 nitrogen and oxygen atoms in total. The Hall–Kier alpha value is -2.14. The van der Waals surface area contributed by atoms with E-state index < -0.39 is 10.0 Å². The van der Waals surface area contributed by atoms with Gasteiger partial charge >= 0.3 is 0 Å². The number of nitrogens with zero attached hydrogens (tertiary/aromatic N) is 2. The number of pyridine rings is 1. The molecule has 136 valence electrons. The van der Waals surface area contributed by atoms with Crippen molar-refractivity contribution in [1.29, 1.82) is 5.26 Å². The predicted molar refractivity (Wildman–Crippen MR) is 97.3 cm³/mol. The molecular formula is C18H18ClN3O3S. The number of sulfonamides is 1. The van der Waals surface area contributed by atoms with Crippen molar-refractivity contribution in [3.05, 3.63) is 52.7 Å². The first kappa shape index (κ1) is 18.6. The van der Waals surface area contributed by atoms with Gasteiger partial charge in [-0.3, -0.25) is 0 Å². The Balaban J connectivity index is 1.74. The first-order valence-electron chi connectivity index (χ1n) is 8.29. The maximum absolute atomic E-state index is 12.5. The molecule has 3 rings (SSSR count). The van der Waals surface area contributed by atoms with Crippen molar-refractivity contribution in [2.75, 3.05) is 0 Å². The average Bonchev–Trinajstić information content (AvgIpc) is 3.14. The third kappa shape index (κ3) is 4.33. The van der Waals surface area contributed by atoms with Gasteiger partial charge in [-0.25, -0.2) is 18.1 Å². The summed E-state index contributed by atoms with van der Waals surface area (Å²) in [6.45, 7) is 0.0514. The zero-order valence-electron chi connectivity index (χ0n) is 14.0. The first-order chi connectivity index (χ1) is 12.5. The van der Waals surface area contributed by atoms with Gasteiger partial charge in [0.05, 0.1) is 15.5 Å². The van der Waals surface area contributed by atoms with E-state index in [0.717, 1.165) is 25.7 Å². The van der Waals surface area contributed by atoms with Gasteiger partial charge in [-0.1, -0.05) is 17.7 Å². The van der Waals surface area contributed by atoms with Crippen molar-refractivity contribution in [1.82, 2.24) is 9.71 Å². The van der Waals surface area contributed by atoms with Crippen LogP contribution in [0, 0.1) is 11.3 Å². The third-order valence-corrected chi connectivity index (χ3v) is 5.97.